The Morgan fingerprint density at radius 3 is 2.40 bits per heavy atom. The van der Waals surface area contributed by atoms with Crippen molar-refractivity contribution < 1.29 is 13.9 Å². The number of benzene rings is 2. The maximum atomic E-state index is 14.0. The van der Waals surface area contributed by atoms with E-state index < -0.39 is 12.0 Å². The van der Waals surface area contributed by atoms with Gasteiger partial charge < -0.3 is 14.2 Å². The van der Waals surface area contributed by atoms with Gasteiger partial charge in [0.1, 0.15) is 5.82 Å². The van der Waals surface area contributed by atoms with E-state index in [2.05, 4.69) is 4.99 Å². The third-order valence-electron chi connectivity index (χ3n) is 7.08. The lowest BCUT2D eigenvalue weighted by molar-refractivity contribution is -0.139. The van der Waals surface area contributed by atoms with E-state index in [1.807, 2.05) is 73.8 Å². The summed E-state index contributed by atoms with van der Waals surface area (Å²) in [6.07, 6.45) is 1.86. The summed E-state index contributed by atoms with van der Waals surface area (Å²) >= 11 is 1.29. The van der Waals surface area contributed by atoms with Crippen LogP contribution in [0.1, 0.15) is 42.4 Å². The normalized spacial score (nSPS) is 15.2. The third-order valence-corrected chi connectivity index (χ3v) is 8.07. The number of allylic oxidation sites excluding steroid dienone is 1. The Balaban J connectivity index is 1.67. The molecule has 0 spiro atoms. The zero-order valence-electron chi connectivity index (χ0n) is 23.4. The van der Waals surface area contributed by atoms with E-state index in [1.165, 1.54) is 23.5 Å². The topological polar surface area (TPSA) is 68.8 Å². The molecule has 0 aliphatic carbocycles. The van der Waals surface area contributed by atoms with Crippen LogP contribution in [-0.2, 0) is 9.53 Å². The standard InChI is InChI=1S/C31H31FN4O3S/c1-7-39-30(38)27-19(3)33-31-36(28(27)21-8-12-24(13-9-21)34(5)6)29(37)26(40-31)17-22-16-18(2)35(20(22)4)25-14-10-23(32)11-15-25/h8-17,28H,7H2,1-6H3/t28-/m1/s1. The Labute approximate surface area is 235 Å². The quantitative estimate of drug-likeness (QED) is 0.329. The van der Waals surface area contributed by atoms with Gasteiger partial charge in [0.25, 0.3) is 5.56 Å². The molecule has 0 N–H and O–H groups in total. The molecule has 2 aromatic carbocycles. The van der Waals surface area contributed by atoms with Gasteiger partial charge in [0.05, 0.1) is 28.5 Å². The summed E-state index contributed by atoms with van der Waals surface area (Å²) in [5.41, 5.74) is 6.06. The minimum atomic E-state index is -0.666. The number of thiazole rings is 1. The number of fused-ring (bicyclic) bond motifs is 1. The zero-order chi connectivity index (χ0) is 28.7. The average molecular weight is 559 g/mol. The van der Waals surface area contributed by atoms with Crippen molar-refractivity contribution >= 4 is 29.1 Å². The highest BCUT2D eigenvalue weighted by Crippen LogP contribution is 2.31. The van der Waals surface area contributed by atoms with Crippen molar-refractivity contribution in [3.8, 4) is 5.69 Å². The molecule has 5 rings (SSSR count). The summed E-state index contributed by atoms with van der Waals surface area (Å²) in [5.74, 6) is -0.779. The second-order valence-corrected chi connectivity index (χ2v) is 10.9. The summed E-state index contributed by atoms with van der Waals surface area (Å²) in [7, 11) is 3.92. The minimum Gasteiger partial charge on any atom is -0.463 e. The number of nitrogens with zero attached hydrogens (tertiary/aromatic N) is 4. The molecular weight excluding hydrogens is 527 g/mol. The number of aromatic nitrogens is 2. The first-order chi connectivity index (χ1) is 19.1. The second-order valence-electron chi connectivity index (χ2n) is 9.93. The van der Waals surface area contributed by atoms with Gasteiger partial charge >= 0.3 is 5.97 Å². The average Bonchev–Trinajstić information content (AvgIpc) is 3.38. The molecule has 4 aromatic rings. The molecule has 0 saturated heterocycles. The van der Waals surface area contributed by atoms with Crippen molar-refractivity contribution in [1.29, 1.82) is 0 Å². The number of anilines is 1. The van der Waals surface area contributed by atoms with Crippen LogP contribution in [0.4, 0.5) is 10.1 Å². The number of aryl methyl sites for hydroxylation is 1. The van der Waals surface area contributed by atoms with Crippen LogP contribution in [-0.4, -0.2) is 35.8 Å². The van der Waals surface area contributed by atoms with Gasteiger partial charge in [-0.15, -0.1) is 0 Å². The molecule has 0 fully saturated rings. The SMILES string of the molecule is CCOC(=O)C1=C(C)N=c2sc(=Cc3cc(C)n(-c4ccc(F)cc4)c3C)c(=O)n2[C@@H]1c1ccc(N(C)C)cc1. The number of halogens is 1. The molecule has 1 aliphatic heterocycles. The summed E-state index contributed by atoms with van der Waals surface area (Å²) in [6.45, 7) is 7.70. The van der Waals surface area contributed by atoms with Crippen molar-refractivity contribution in [2.45, 2.75) is 33.7 Å². The fourth-order valence-electron chi connectivity index (χ4n) is 5.12. The van der Waals surface area contributed by atoms with Gasteiger partial charge in [-0.3, -0.25) is 9.36 Å². The molecule has 0 saturated carbocycles. The Morgan fingerprint density at radius 1 is 1.10 bits per heavy atom. The van der Waals surface area contributed by atoms with E-state index in [-0.39, 0.29) is 18.0 Å². The molecule has 206 valence electrons. The maximum Gasteiger partial charge on any atom is 0.338 e. The zero-order valence-corrected chi connectivity index (χ0v) is 24.2. The lowest BCUT2D eigenvalue weighted by Gasteiger charge is -2.25. The van der Waals surface area contributed by atoms with Crippen LogP contribution >= 0.6 is 11.3 Å². The molecule has 1 aliphatic rings. The van der Waals surface area contributed by atoms with E-state index in [9.17, 15) is 14.0 Å². The molecule has 0 unspecified atom stereocenters. The molecule has 0 radical (unpaired) electrons. The molecular formula is C31H31FN4O3S. The molecule has 3 heterocycles. The fraction of sp³-hybridized carbons (Fsp3) is 0.258. The van der Waals surface area contributed by atoms with Gasteiger partial charge in [-0.1, -0.05) is 23.5 Å². The number of rotatable bonds is 6. The summed E-state index contributed by atoms with van der Waals surface area (Å²) in [6, 6.07) is 15.5. The highest BCUT2D eigenvalue weighted by Gasteiger charge is 2.33. The van der Waals surface area contributed by atoms with E-state index in [0.717, 1.165) is 33.9 Å². The lowest BCUT2D eigenvalue weighted by Crippen LogP contribution is -2.40. The van der Waals surface area contributed by atoms with Crippen LogP contribution in [0, 0.1) is 19.7 Å². The van der Waals surface area contributed by atoms with Crippen molar-refractivity contribution in [3.63, 3.8) is 0 Å². The summed E-state index contributed by atoms with van der Waals surface area (Å²) < 4.78 is 23.0. The van der Waals surface area contributed by atoms with E-state index in [1.54, 1.807) is 30.5 Å². The molecule has 2 aromatic heterocycles. The molecule has 40 heavy (non-hydrogen) atoms. The van der Waals surface area contributed by atoms with Gasteiger partial charge in [-0.2, -0.15) is 0 Å². The Hall–Kier alpha value is -4.24. The third kappa shape index (κ3) is 4.81. The smallest absolute Gasteiger partial charge is 0.338 e. The van der Waals surface area contributed by atoms with Gasteiger partial charge in [0.2, 0.25) is 0 Å². The monoisotopic (exact) mass is 558 g/mol. The molecule has 7 nitrogen and oxygen atoms in total. The number of hydrogen-bond donors (Lipinski definition) is 0. The van der Waals surface area contributed by atoms with Crippen LogP contribution in [0.2, 0.25) is 0 Å². The Kier molecular flexibility index (Phi) is 7.33. The van der Waals surface area contributed by atoms with E-state index in [0.29, 0.717) is 20.6 Å². The van der Waals surface area contributed by atoms with Crippen molar-refractivity contribution in [2.24, 2.45) is 4.99 Å². The summed E-state index contributed by atoms with van der Waals surface area (Å²) in [5, 5.41) is 0. The van der Waals surface area contributed by atoms with E-state index >= 15 is 0 Å². The largest absolute Gasteiger partial charge is 0.463 e. The molecule has 0 amide bonds. The van der Waals surface area contributed by atoms with Crippen molar-refractivity contribution in [2.75, 3.05) is 25.6 Å². The van der Waals surface area contributed by atoms with Gasteiger partial charge in [0, 0.05) is 36.9 Å². The van der Waals surface area contributed by atoms with Crippen LogP contribution in [0.25, 0.3) is 11.8 Å². The first kappa shape index (κ1) is 27.3. The van der Waals surface area contributed by atoms with Crippen LogP contribution in [0.3, 0.4) is 0 Å². The van der Waals surface area contributed by atoms with Crippen molar-refractivity contribution in [1.82, 2.24) is 9.13 Å². The van der Waals surface area contributed by atoms with Gasteiger partial charge in [-0.05, 0) is 87.4 Å². The lowest BCUT2D eigenvalue weighted by atomic mass is 9.95. The first-order valence-corrected chi connectivity index (χ1v) is 13.8. The van der Waals surface area contributed by atoms with Crippen molar-refractivity contribution in [3.05, 3.63) is 114 Å². The number of esters is 1. The molecule has 9 heteroatoms. The Bertz CT molecular complexity index is 1810. The number of ether oxygens (including phenoxy) is 1. The van der Waals surface area contributed by atoms with E-state index in [4.69, 9.17) is 4.74 Å². The minimum absolute atomic E-state index is 0.218. The maximum absolute atomic E-state index is 14.0. The van der Waals surface area contributed by atoms with Crippen LogP contribution < -0.4 is 19.8 Å². The number of hydrogen-bond acceptors (Lipinski definition) is 6. The first-order valence-electron chi connectivity index (χ1n) is 13.0. The predicted octanol–water partition coefficient (Wildman–Crippen LogP) is 4.41. The highest BCUT2D eigenvalue weighted by molar-refractivity contribution is 7.07. The Morgan fingerprint density at radius 2 is 1.77 bits per heavy atom. The predicted molar refractivity (Wildman–Crippen MR) is 156 cm³/mol. The van der Waals surface area contributed by atoms with Gasteiger partial charge in [-0.25, -0.2) is 14.2 Å². The molecule has 0 bridgehead atoms. The van der Waals surface area contributed by atoms with Crippen LogP contribution in [0.15, 0.2) is 75.7 Å². The highest BCUT2D eigenvalue weighted by atomic mass is 32.1. The molecule has 1 atom stereocenters. The number of carbonyl (C=O) groups is 1. The fourth-order valence-corrected chi connectivity index (χ4v) is 6.16. The van der Waals surface area contributed by atoms with Crippen LogP contribution in [0.5, 0.6) is 0 Å². The number of carbonyl (C=O) groups excluding carboxylic acids is 1. The summed E-state index contributed by atoms with van der Waals surface area (Å²) in [4.78, 5) is 34.3. The second kappa shape index (κ2) is 10.7. The van der Waals surface area contributed by atoms with Gasteiger partial charge in [0.15, 0.2) is 4.80 Å².